The zero-order valence-electron chi connectivity index (χ0n) is 14.6. The molecule has 0 spiro atoms. The number of nitrogens with zero attached hydrogens (tertiary/aromatic N) is 1. The molecule has 6 nitrogen and oxygen atoms in total. The summed E-state index contributed by atoms with van der Waals surface area (Å²) in [6, 6.07) is 7.47. The number of thiazole rings is 1. The van der Waals surface area contributed by atoms with Gasteiger partial charge in [-0.05, 0) is 37.6 Å². The molecule has 0 unspecified atom stereocenters. The van der Waals surface area contributed by atoms with Crippen LogP contribution >= 0.6 is 11.3 Å². The number of rotatable bonds is 8. The van der Waals surface area contributed by atoms with E-state index in [-0.39, 0.29) is 24.2 Å². The Bertz CT molecular complexity index is 712. The van der Waals surface area contributed by atoms with Crippen LogP contribution in [0.25, 0.3) is 10.6 Å². The highest BCUT2D eigenvalue weighted by Gasteiger charge is 2.15. The number of carbonyl (C=O) groups is 2. The molecular weight excluding hydrogens is 340 g/mol. The molecular formula is C18H22N2O4S. The first-order chi connectivity index (χ1) is 12.0. The number of nitrogens with one attached hydrogen (secondary N) is 1. The number of hydrogen-bond donors (Lipinski definition) is 1. The lowest BCUT2D eigenvalue weighted by atomic mass is 10.2. The Kier molecular flexibility index (Phi) is 6.94. The van der Waals surface area contributed by atoms with Crippen LogP contribution in [0.5, 0.6) is 5.75 Å². The van der Waals surface area contributed by atoms with Gasteiger partial charge >= 0.3 is 5.97 Å². The Morgan fingerprint density at radius 3 is 2.64 bits per heavy atom. The predicted molar refractivity (Wildman–Crippen MR) is 96.9 cm³/mol. The minimum atomic E-state index is -0.602. The monoisotopic (exact) mass is 362 g/mol. The minimum absolute atomic E-state index is 0.0668. The molecule has 1 atom stereocenters. The third kappa shape index (κ3) is 5.56. The number of esters is 1. The number of hydrogen-bond acceptors (Lipinski definition) is 6. The molecule has 1 aromatic carbocycles. The van der Waals surface area contributed by atoms with Crippen LogP contribution in [0, 0.1) is 0 Å². The van der Waals surface area contributed by atoms with Gasteiger partial charge in [0.15, 0.2) is 12.3 Å². The van der Waals surface area contributed by atoms with Gasteiger partial charge in [-0.1, -0.05) is 13.3 Å². The molecule has 0 bridgehead atoms. The molecule has 0 radical (unpaired) electrons. The molecule has 2 aromatic rings. The molecule has 1 aromatic heterocycles. The zero-order valence-corrected chi connectivity index (χ0v) is 15.4. The SMILES string of the molecule is CCC[C@H](C)NC(=O)COC(=O)c1csc(-c2ccc(OC)cc2)n1. The molecule has 0 fully saturated rings. The van der Waals surface area contributed by atoms with Crippen LogP contribution in [0.3, 0.4) is 0 Å². The molecule has 1 amide bonds. The number of amides is 1. The molecule has 0 aliphatic heterocycles. The van der Waals surface area contributed by atoms with Gasteiger partial charge in [0.25, 0.3) is 5.91 Å². The van der Waals surface area contributed by atoms with Gasteiger partial charge in [-0.2, -0.15) is 0 Å². The molecule has 2 rings (SSSR count). The van der Waals surface area contributed by atoms with Crippen molar-refractivity contribution in [3.63, 3.8) is 0 Å². The van der Waals surface area contributed by atoms with Crippen molar-refractivity contribution in [1.82, 2.24) is 10.3 Å². The first kappa shape index (κ1) is 18.9. The van der Waals surface area contributed by atoms with E-state index >= 15 is 0 Å². The maximum absolute atomic E-state index is 12.0. The van der Waals surface area contributed by atoms with Gasteiger partial charge < -0.3 is 14.8 Å². The molecule has 7 heteroatoms. The second-order valence-corrected chi connectivity index (χ2v) is 6.46. The quantitative estimate of drug-likeness (QED) is 0.729. The van der Waals surface area contributed by atoms with Crippen LogP contribution in [-0.4, -0.2) is 36.6 Å². The van der Waals surface area contributed by atoms with Gasteiger partial charge in [-0.15, -0.1) is 11.3 Å². The average Bonchev–Trinajstić information content (AvgIpc) is 3.10. The second kappa shape index (κ2) is 9.17. The van der Waals surface area contributed by atoms with Crippen LogP contribution < -0.4 is 10.1 Å². The molecule has 134 valence electrons. The van der Waals surface area contributed by atoms with E-state index in [0.717, 1.165) is 24.2 Å². The summed E-state index contributed by atoms with van der Waals surface area (Å²) in [5.74, 6) is -0.155. The predicted octanol–water partition coefficient (Wildman–Crippen LogP) is 3.28. The van der Waals surface area contributed by atoms with Gasteiger partial charge in [0.1, 0.15) is 10.8 Å². The van der Waals surface area contributed by atoms with E-state index in [9.17, 15) is 9.59 Å². The first-order valence-electron chi connectivity index (χ1n) is 8.10. The summed E-state index contributed by atoms with van der Waals surface area (Å²) in [5.41, 5.74) is 1.08. The van der Waals surface area contributed by atoms with E-state index in [2.05, 4.69) is 10.3 Å². The number of ether oxygens (including phenoxy) is 2. The van der Waals surface area contributed by atoms with Crippen LogP contribution in [0.15, 0.2) is 29.6 Å². The van der Waals surface area contributed by atoms with Crippen LogP contribution in [0.4, 0.5) is 0 Å². The summed E-state index contributed by atoms with van der Waals surface area (Å²) in [6.07, 6.45) is 1.87. The third-order valence-electron chi connectivity index (χ3n) is 3.51. The number of benzene rings is 1. The van der Waals surface area contributed by atoms with Crippen molar-refractivity contribution in [3.05, 3.63) is 35.3 Å². The Hall–Kier alpha value is -2.41. The molecule has 0 aliphatic carbocycles. The fourth-order valence-corrected chi connectivity index (χ4v) is 3.06. The van der Waals surface area contributed by atoms with E-state index in [1.54, 1.807) is 12.5 Å². The normalized spacial score (nSPS) is 11.6. The van der Waals surface area contributed by atoms with E-state index in [1.165, 1.54) is 11.3 Å². The lowest BCUT2D eigenvalue weighted by molar-refractivity contribution is -0.124. The van der Waals surface area contributed by atoms with Crippen LogP contribution in [0.1, 0.15) is 37.2 Å². The Balaban J connectivity index is 1.90. The summed E-state index contributed by atoms with van der Waals surface area (Å²) >= 11 is 1.34. The van der Waals surface area contributed by atoms with Gasteiger partial charge in [0.2, 0.25) is 0 Å². The topological polar surface area (TPSA) is 77.5 Å². The highest BCUT2D eigenvalue weighted by atomic mass is 32.1. The zero-order chi connectivity index (χ0) is 18.2. The third-order valence-corrected chi connectivity index (χ3v) is 4.41. The van der Waals surface area contributed by atoms with Crippen molar-refractivity contribution in [3.8, 4) is 16.3 Å². The van der Waals surface area contributed by atoms with Gasteiger partial charge in [-0.3, -0.25) is 4.79 Å². The summed E-state index contributed by atoms with van der Waals surface area (Å²) in [5, 5.41) is 5.11. The van der Waals surface area contributed by atoms with Crippen molar-refractivity contribution >= 4 is 23.2 Å². The van der Waals surface area contributed by atoms with Gasteiger partial charge in [-0.25, -0.2) is 9.78 Å². The molecule has 0 saturated carbocycles. The van der Waals surface area contributed by atoms with E-state index in [0.29, 0.717) is 5.01 Å². The fraction of sp³-hybridized carbons (Fsp3) is 0.389. The van der Waals surface area contributed by atoms with E-state index in [4.69, 9.17) is 9.47 Å². The average molecular weight is 362 g/mol. The summed E-state index contributed by atoms with van der Waals surface area (Å²) in [7, 11) is 1.60. The van der Waals surface area contributed by atoms with Crippen molar-refractivity contribution in [2.45, 2.75) is 32.7 Å². The first-order valence-corrected chi connectivity index (χ1v) is 8.98. The Morgan fingerprint density at radius 1 is 1.28 bits per heavy atom. The maximum atomic E-state index is 12.0. The molecule has 25 heavy (non-hydrogen) atoms. The van der Waals surface area contributed by atoms with Crippen LogP contribution in [0.2, 0.25) is 0 Å². The van der Waals surface area contributed by atoms with Crippen molar-refractivity contribution in [2.24, 2.45) is 0 Å². The lowest BCUT2D eigenvalue weighted by Crippen LogP contribution is -2.35. The second-order valence-electron chi connectivity index (χ2n) is 5.60. The smallest absolute Gasteiger partial charge is 0.358 e. The number of methoxy groups -OCH3 is 1. The fourth-order valence-electron chi connectivity index (χ4n) is 2.26. The van der Waals surface area contributed by atoms with Gasteiger partial charge in [0.05, 0.1) is 7.11 Å². The van der Waals surface area contributed by atoms with Crippen molar-refractivity contribution in [2.75, 3.05) is 13.7 Å². The van der Waals surface area contributed by atoms with Crippen molar-refractivity contribution in [1.29, 1.82) is 0 Å². The highest BCUT2D eigenvalue weighted by molar-refractivity contribution is 7.13. The largest absolute Gasteiger partial charge is 0.497 e. The molecule has 0 saturated heterocycles. The Labute approximate surface area is 151 Å². The van der Waals surface area contributed by atoms with E-state index in [1.807, 2.05) is 38.1 Å². The van der Waals surface area contributed by atoms with Crippen LogP contribution in [-0.2, 0) is 9.53 Å². The summed E-state index contributed by atoms with van der Waals surface area (Å²) < 4.78 is 10.1. The van der Waals surface area contributed by atoms with Gasteiger partial charge in [0, 0.05) is 17.0 Å². The summed E-state index contributed by atoms with van der Waals surface area (Å²) in [6.45, 7) is 3.67. The number of aromatic nitrogens is 1. The minimum Gasteiger partial charge on any atom is -0.497 e. The maximum Gasteiger partial charge on any atom is 0.358 e. The standard InChI is InChI=1S/C18H22N2O4S/c1-4-5-12(2)19-16(21)10-24-18(22)15-11-25-17(20-15)13-6-8-14(23-3)9-7-13/h6-9,11-12H,4-5,10H2,1-3H3,(H,19,21)/t12-/m0/s1. The molecule has 0 aliphatic rings. The lowest BCUT2D eigenvalue weighted by Gasteiger charge is -2.12. The summed E-state index contributed by atoms with van der Waals surface area (Å²) in [4.78, 5) is 28.0. The van der Waals surface area contributed by atoms with Crippen molar-refractivity contribution < 1.29 is 19.1 Å². The molecule has 1 N–H and O–H groups in total. The molecule has 1 heterocycles. The Morgan fingerprint density at radius 2 is 2.00 bits per heavy atom. The van der Waals surface area contributed by atoms with E-state index < -0.39 is 5.97 Å². The highest BCUT2D eigenvalue weighted by Crippen LogP contribution is 2.25. The number of carbonyl (C=O) groups excluding carboxylic acids is 2.